The molecule has 1 aromatic heterocycles. The van der Waals surface area contributed by atoms with Crippen molar-refractivity contribution in [3.63, 3.8) is 0 Å². The summed E-state index contributed by atoms with van der Waals surface area (Å²) in [5.41, 5.74) is 20.0. The lowest BCUT2D eigenvalue weighted by Crippen LogP contribution is -2.20. The molecule has 1 spiro atoms. The van der Waals surface area contributed by atoms with Crippen molar-refractivity contribution in [2.75, 3.05) is 0 Å². The molecule has 0 aliphatic heterocycles. The molecule has 0 N–H and O–H groups in total. The van der Waals surface area contributed by atoms with Crippen LogP contribution in [0.4, 0.5) is 0 Å². The molecule has 2 heteroatoms. The van der Waals surface area contributed by atoms with Gasteiger partial charge in [0.1, 0.15) is 5.82 Å². The number of benzene rings is 10. The molecule has 302 valence electrons. The lowest BCUT2D eigenvalue weighted by atomic mass is 9.76. The summed E-state index contributed by atoms with van der Waals surface area (Å²) in [4.78, 5) is 5.31. The van der Waals surface area contributed by atoms with Crippen molar-refractivity contribution in [3.05, 3.63) is 230 Å². The Bertz CT molecular complexity index is 3580. The molecule has 1 saturated carbocycles. The van der Waals surface area contributed by atoms with Gasteiger partial charge in [-0.3, -0.25) is 4.57 Å². The molecule has 2 aliphatic rings. The second-order valence-electron chi connectivity index (χ2n) is 17.8. The van der Waals surface area contributed by atoms with E-state index in [0.717, 1.165) is 39.2 Å². The van der Waals surface area contributed by atoms with Gasteiger partial charge in [-0.15, -0.1) is 0 Å². The van der Waals surface area contributed by atoms with Crippen LogP contribution in [0.3, 0.4) is 0 Å². The third kappa shape index (κ3) is 5.69. The van der Waals surface area contributed by atoms with Crippen molar-refractivity contribution in [2.45, 2.75) is 31.1 Å². The first-order valence-corrected chi connectivity index (χ1v) is 22.7. The third-order valence-corrected chi connectivity index (χ3v) is 14.3. The zero-order valence-electron chi connectivity index (χ0n) is 35.5. The summed E-state index contributed by atoms with van der Waals surface area (Å²) in [7, 11) is 0. The van der Waals surface area contributed by atoms with E-state index in [1.807, 2.05) is 0 Å². The van der Waals surface area contributed by atoms with Crippen LogP contribution in [0.2, 0.25) is 0 Å². The smallest absolute Gasteiger partial charge is 0.145 e. The molecule has 11 aromatic rings. The Kier molecular flexibility index (Phi) is 8.42. The molecular formula is C62H44N2. The second kappa shape index (κ2) is 14.6. The Morgan fingerprint density at radius 3 is 1.47 bits per heavy atom. The first-order chi connectivity index (χ1) is 31.7. The normalized spacial score (nSPS) is 13.8. The molecule has 0 unspecified atom stereocenters. The molecule has 0 atom stereocenters. The quantitative estimate of drug-likeness (QED) is 0.153. The monoisotopic (exact) mass is 816 g/mol. The van der Waals surface area contributed by atoms with Crippen molar-refractivity contribution in [3.8, 4) is 72.7 Å². The fourth-order valence-electron chi connectivity index (χ4n) is 11.5. The number of nitrogens with zero attached hydrogens (tertiary/aromatic N) is 2. The van der Waals surface area contributed by atoms with Crippen LogP contribution in [-0.2, 0) is 5.41 Å². The fraction of sp³-hybridized carbons (Fsp3) is 0.0806. The molecule has 13 rings (SSSR count). The maximum Gasteiger partial charge on any atom is 0.145 e. The molecule has 10 aromatic carbocycles. The maximum atomic E-state index is 5.31. The third-order valence-electron chi connectivity index (χ3n) is 14.3. The van der Waals surface area contributed by atoms with E-state index in [1.54, 1.807) is 0 Å². The Morgan fingerprint density at radius 1 is 0.359 bits per heavy atom. The minimum absolute atomic E-state index is 0.124. The zero-order valence-corrected chi connectivity index (χ0v) is 35.5. The van der Waals surface area contributed by atoms with E-state index in [9.17, 15) is 0 Å². The highest BCUT2D eigenvalue weighted by Gasteiger charge is 2.44. The molecule has 0 radical (unpaired) electrons. The van der Waals surface area contributed by atoms with E-state index in [4.69, 9.17) is 4.98 Å². The number of rotatable bonds is 6. The summed E-state index contributed by atoms with van der Waals surface area (Å²) < 4.78 is 2.28. The Hall–Kier alpha value is -7.81. The van der Waals surface area contributed by atoms with Crippen LogP contribution in [0, 0.1) is 0 Å². The Labute approximate surface area is 373 Å². The minimum atomic E-state index is 0.124. The van der Waals surface area contributed by atoms with Crippen molar-refractivity contribution >= 4 is 32.6 Å². The molecule has 0 amide bonds. The van der Waals surface area contributed by atoms with Gasteiger partial charge in [0.05, 0.1) is 11.0 Å². The zero-order chi connectivity index (χ0) is 42.2. The van der Waals surface area contributed by atoms with Crippen molar-refractivity contribution in [1.29, 1.82) is 0 Å². The summed E-state index contributed by atoms with van der Waals surface area (Å²) in [5, 5.41) is 5.00. The summed E-state index contributed by atoms with van der Waals surface area (Å²) >= 11 is 0. The molecular weight excluding hydrogens is 773 g/mol. The molecule has 2 aliphatic carbocycles. The summed E-state index contributed by atoms with van der Waals surface area (Å²) in [6.07, 6.45) is 5.02. The highest BCUT2D eigenvalue weighted by Crippen LogP contribution is 2.57. The summed E-state index contributed by atoms with van der Waals surface area (Å²) in [6.45, 7) is 0. The second-order valence-corrected chi connectivity index (χ2v) is 17.8. The van der Waals surface area contributed by atoms with Gasteiger partial charge in [-0.2, -0.15) is 0 Å². The Balaban J connectivity index is 1.02. The standard InChI is InChI=1S/C62H44N2/c1-5-17-41(18-6-1)59-52-33-29-45(47-30-34-58-57(40-47)63-61(43-21-9-3-10-22-43)64(58)48-23-11-4-12-24-48)38-54(52)60(42-19-7-2-8-20-42)51-32-28-44(37-53(51)59)46-27-31-50-49-25-13-14-26-55(49)62(56(50)39-46)35-15-16-36-62/h1-14,17-34,37-40H,15-16,35-36H2. The number of hydrogen-bond donors (Lipinski definition) is 0. The first kappa shape index (κ1) is 36.8. The predicted octanol–water partition coefficient (Wildman–Crippen LogP) is 16.5. The number of imidazole rings is 1. The first-order valence-electron chi connectivity index (χ1n) is 22.7. The van der Waals surface area contributed by atoms with Crippen molar-refractivity contribution < 1.29 is 0 Å². The molecule has 1 fully saturated rings. The van der Waals surface area contributed by atoms with Crippen LogP contribution >= 0.6 is 0 Å². The number of fused-ring (bicyclic) bond motifs is 8. The van der Waals surface area contributed by atoms with E-state index >= 15 is 0 Å². The van der Waals surface area contributed by atoms with Crippen LogP contribution in [0.1, 0.15) is 36.8 Å². The van der Waals surface area contributed by atoms with Crippen LogP contribution in [0.15, 0.2) is 218 Å². The molecule has 0 saturated heterocycles. The molecule has 1 heterocycles. The van der Waals surface area contributed by atoms with Gasteiger partial charge in [0.2, 0.25) is 0 Å². The van der Waals surface area contributed by atoms with Crippen molar-refractivity contribution in [1.82, 2.24) is 9.55 Å². The molecule has 0 bridgehead atoms. The van der Waals surface area contributed by atoms with Gasteiger partial charge >= 0.3 is 0 Å². The van der Waals surface area contributed by atoms with Gasteiger partial charge in [-0.25, -0.2) is 4.98 Å². The highest BCUT2D eigenvalue weighted by atomic mass is 15.1. The summed E-state index contributed by atoms with van der Waals surface area (Å²) in [5.74, 6) is 0.935. The number of hydrogen-bond acceptors (Lipinski definition) is 1. The largest absolute Gasteiger partial charge is 0.292 e. The van der Waals surface area contributed by atoms with Gasteiger partial charge in [0.25, 0.3) is 0 Å². The van der Waals surface area contributed by atoms with Gasteiger partial charge in [0.15, 0.2) is 0 Å². The van der Waals surface area contributed by atoms with Crippen LogP contribution in [0.5, 0.6) is 0 Å². The highest BCUT2D eigenvalue weighted by molar-refractivity contribution is 6.22. The van der Waals surface area contributed by atoms with E-state index < -0.39 is 0 Å². The average Bonchev–Trinajstić information content (AvgIpc) is 4.09. The van der Waals surface area contributed by atoms with Crippen LogP contribution in [-0.4, -0.2) is 9.55 Å². The van der Waals surface area contributed by atoms with E-state index in [0.29, 0.717) is 0 Å². The van der Waals surface area contributed by atoms with Crippen molar-refractivity contribution in [2.24, 2.45) is 0 Å². The molecule has 64 heavy (non-hydrogen) atoms. The van der Waals surface area contributed by atoms with Crippen LogP contribution < -0.4 is 0 Å². The predicted molar refractivity (Wildman–Crippen MR) is 268 cm³/mol. The van der Waals surface area contributed by atoms with Gasteiger partial charge in [-0.05, 0) is 144 Å². The topological polar surface area (TPSA) is 17.8 Å². The van der Waals surface area contributed by atoms with Gasteiger partial charge in [0, 0.05) is 16.7 Å². The number of aromatic nitrogens is 2. The Morgan fingerprint density at radius 2 is 0.844 bits per heavy atom. The van der Waals surface area contributed by atoms with E-state index in [-0.39, 0.29) is 5.41 Å². The lowest BCUT2D eigenvalue weighted by Gasteiger charge is -2.27. The number of para-hydroxylation sites is 1. The minimum Gasteiger partial charge on any atom is -0.292 e. The SMILES string of the molecule is c1ccc(-c2c3ccc(-c4ccc5c(c4)nc(-c4ccccc4)n5-c4ccccc4)cc3c(-c3ccccc3)c3ccc(-c4ccc5c(c4)C4(CCCC4)c4ccccc4-5)cc23)cc1. The van der Waals surface area contributed by atoms with E-state index in [2.05, 4.69) is 223 Å². The molecule has 2 nitrogen and oxygen atoms in total. The van der Waals surface area contributed by atoms with Gasteiger partial charge in [-0.1, -0.05) is 189 Å². The average molecular weight is 817 g/mol. The fourth-order valence-corrected chi connectivity index (χ4v) is 11.5. The van der Waals surface area contributed by atoms with Gasteiger partial charge < -0.3 is 0 Å². The maximum absolute atomic E-state index is 5.31. The van der Waals surface area contributed by atoms with E-state index in [1.165, 1.54) is 103 Å². The summed E-state index contributed by atoms with van der Waals surface area (Å²) in [6, 6.07) is 80.6. The lowest BCUT2D eigenvalue weighted by molar-refractivity contribution is 0.550. The van der Waals surface area contributed by atoms with Crippen LogP contribution in [0.25, 0.3) is 105 Å².